The second-order valence-electron chi connectivity index (χ2n) is 1.90. The molecule has 1 N–H and O–H groups in total. The van der Waals surface area contributed by atoms with E-state index in [4.69, 9.17) is 5.11 Å². The van der Waals surface area contributed by atoms with Crippen molar-refractivity contribution in [1.29, 1.82) is 0 Å². The number of hydrogen-bond acceptors (Lipinski definition) is 1. The summed E-state index contributed by atoms with van der Waals surface area (Å²) in [7, 11) is 0. The van der Waals surface area contributed by atoms with Gasteiger partial charge < -0.3 is 0 Å². The molecule has 0 bridgehead atoms. The number of benzene rings is 1. The Morgan fingerprint density at radius 2 is 2.20 bits per heavy atom. The van der Waals surface area contributed by atoms with E-state index in [1.807, 2.05) is 18.2 Å². The van der Waals surface area contributed by atoms with Crippen LogP contribution in [0.2, 0.25) is 0 Å². The zero-order valence-corrected chi connectivity index (χ0v) is 8.67. The number of aliphatic hydroxyl groups is 1. The normalized spacial score (nSPS) is 9.90. The Balaban J connectivity index is 3.17. The third kappa shape index (κ3) is 1.63. The van der Waals surface area contributed by atoms with Gasteiger partial charge in [0.15, 0.2) is 0 Å². The molecule has 52 valence electrons. The van der Waals surface area contributed by atoms with Crippen LogP contribution in [-0.4, -0.2) is 22.0 Å². The van der Waals surface area contributed by atoms with E-state index in [2.05, 4.69) is 32.8 Å². The quantitative estimate of drug-likeness (QED) is 0.739. The summed E-state index contributed by atoms with van der Waals surface area (Å²) in [6, 6.07) is 5.82. The first-order valence-corrected chi connectivity index (χ1v) is 4.56. The van der Waals surface area contributed by atoms with Gasteiger partial charge in [0.25, 0.3) is 0 Å². The van der Waals surface area contributed by atoms with E-state index >= 15 is 0 Å². The molecule has 0 saturated carbocycles. The Hall–Kier alpha value is 0.218. The SMILES string of the molecule is OCc1c([As])cccc1Br. The van der Waals surface area contributed by atoms with Gasteiger partial charge in [-0.05, 0) is 0 Å². The third-order valence-corrected chi connectivity index (χ3v) is 2.87. The van der Waals surface area contributed by atoms with Crippen LogP contribution in [0.4, 0.5) is 0 Å². The molecule has 0 amide bonds. The Bertz CT molecular complexity index is 217. The maximum absolute atomic E-state index is 8.86. The van der Waals surface area contributed by atoms with Gasteiger partial charge in [-0.25, -0.2) is 0 Å². The average Bonchev–Trinajstić information content (AvgIpc) is 1.88. The van der Waals surface area contributed by atoms with Crippen LogP contribution < -0.4 is 4.35 Å². The first-order chi connectivity index (χ1) is 4.75. The van der Waals surface area contributed by atoms with Gasteiger partial charge in [0.1, 0.15) is 0 Å². The van der Waals surface area contributed by atoms with Crippen LogP contribution in [-0.2, 0) is 6.61 Å². The molecule has 1 rings (SSSR count). The van der Waals surface area contributed by atoms with Crippen molar-refractivity contribution < 1.29 is 5.11 Å². The van der Waals surface area contributed by atoms with Crippen molar-refractivity contribution in [1.82, 2.24) is 0 Å². The molecule has 0 heterocycles. The van der Waals surface area contributed by atoms with Gasteiger partial charge >= 0.3 is 77.1 Å². The summed E-state index contributed by atoms with van der Waals surface area (Å²) in [6.07, 6.45) is 0. The van der Waals surface area contributed by atoms with Crippen LogP contribution in [0.15, 0.2) is 22.7 Å². The molecule has 0 aliphatic carbocycles. The number of aliphatic hydroxyl groups excluding tert-OH is 1. The van der Waals surface area contributed by atoms with Gasteiger partial charge in [-0.15, -0.1) is 0 Å². The molecule has 0 unspecified atom stereocenters. The van der Waals surface area contributed by atoms with Crippen LogP contribution in [0.5, 0.6) is 0 Å². The fraction of sp³-hybridized carbons (Fsp3) is 0.143. The summed E-state index contributed by atoms with van der Waals surface area (Å²) >= 11 is 5.76. The van der Waals surface area contributed by atoms with Crippen LogP contribution in [0, 0.1) is 0 Å². The zero-order chi connectivity index (χ0) is 7.56. The molecular formula is C7H6AsBrO. The molecule has 0 aliphatic rings. The van der Waals surface area contributed by atoms with E-state index < -0.39 is 0 Å². The molecule has 0 spiro atoms. The molecule has 3 heteroatoms. The fourth-order valence-electron chi connectivity index (χ4n) is 0.704. The predicted octanol–water partition coefficient (Wildman–Crippen LogP) is 0.735. The Morgan fingerprint density at radius 3 is 2.60 bits per heavy atom. The molecule has 2 radical (unpaired) electrons. The second kappa shape index (κ2) is 3.56. The molecule has 0 aliphatic heterocycles. The number of halogens is 1. The summed E-state index contributed by atoms with van der Waals surface area (Å²) in [5.74, 6) is 0. The minimum atomic E-state index is 0.0888. The van der Waals surface area contributed by atoms with Gasteiger partial charge in [-0.1, -0.05) is 0 Å². The van der Waals surface area contributed by atoms with Crippen LogP contribution in [0.1, 0.15) is 5.56 Å². The average molecular weight is 261 g/mol. The number of hydrogen-bond donors (Lipinski definition) is 1. The van der Waals surface area contributed by atoms with Gasteiger partial charge in [0.05, 0.1) is 0 Å². The molecule has 1 nitrogen and oxygen atoms in total. The first kappa shape index (κ1) is 8.32. The van der Waals surface area contributed by atoms with E-state index in [0.29, 0.717) is 0 Å². The Kier molecular flexibility index (Phi) is 2.96. The van der Waals surface area contributed by atoms with E-state index in [1.165, 1.54) is 0 Å². The van der Waals surface area contributed by atoms with Crippen LogP contribution in [0.25, 0.3) is 0 Å². The second-order valence-corrected chi connectivity index (χ2v) is 3.76. The van der Waals surface area contributed by atoms with E-state index in [0.717, 1.165) is 14.4 Å². The summed E-state index contributed by atoms with van der Waals surface area (Å²) in [4.78, 5) is 0. The summed E-state index contributed by atoms with van der Waals surface area (Å²) in [5.41, 5.74) is 0.947. The summed E-state index contributed by atoms with van der Waals surface area (Å²) < 4.78 is 2.03. The fourth-order valence-corrected chi connectivity index (χ4v) is 2.11. The zero-order valence-electron chi connectivity index (χ0n) is 5.21. The van der Waals surface area contributed by atoms with Gasteiger partial charge in [-0.2, -0.15) is 0 Å². The van der Waals surface area contributed by atoms with Gasteiger partial charge in [0, 0.05) is 0 Å². The maximum atomic E-state index is 8.86. The molecular weight excluding hydrogens is 255 g/mol. The molecule has 0 fully saturated rings. The molecule has 1 aromatic rings. The monoisotopic (exact) mass is 260 g/mol. The van der Waals surface area contributed by atoms with Crippen molar-refractivity contribution in [2.75, 3.05) is 0 Å². The Labute approximate surface area is 77.1 Å². The van der Waals surface area contributed by atoms with Crippen molar-refractivity contribution >= 4 is 37.1 Å². The molecule has 0 saturated heterocycles. The third-order valence-electron chi connectivity index (χ3n) is 1.25. The standard InChI is InChI=1S/C7H6AsBrO/c8-6-2-1-3-7(9)5(6)4-10/h1-3,10H,4H2. The van der Waals surface area contributed by atoms with Crippen molar-refractivity contribution in [3.05, 3.63) is 28.2 Å². The summed E-state index contributed by atoms with van der Waals surface area (Å²) in [6.45, 7) is 0.0888. The van der Waals surface area contributed by atoms with Gasteiger partial charge in [0.2, 0.25) is 0 Å². The van der Waals surface area contributed by atoms with E-state index in [-0.39, 0.29) is 6.61 Å². The Morgan fingerprint density at radius 1 is 1.50 bits per heavy atom. The van der Waals surface area contributed by atoms with Crippen molar-refractivity contribution in [3.8, 4) is 0 Å². The van der Waals surface area contributed by atoms with Crippen molar-refractivity contribution in [2.24, 2.45) is 0 Å². The van der Waals surface area contributed by atoms with E-state index in [1.54, 1.807) is 0 Å². The topological polar surface area (TPSA) is 20.2 Å². The summed E-state index contributed by atoms with van der Waals surface area (Å²) in [5, 5.41) is 8.86. The van der Waals surface area contributed by atoms with Crippen LogP contribution >= 0.6 is 15.9 Å². The van der Waals surface area contributed by atoms with Gasteiger partial charge in [-0.3, -0.25) is 0 Å². The molecule has 0 aromatic heterocycles. The van der Waals surface area contributed by atoms with Crippen molar-refractivity contribution in [2.45, 2.75) is 6.61 Å². The van der Waals surface area contributed by atoms with Crippen LogP contribution in [0.3, 0.4) is 0 Å². The molecule has 10 heavy (non-hydrogen) atoms. The minimum absolute atomic E-state index is 0.0888. The van der Waals surface area contributed by atoms with Crippen molar-refractivity contribution in [3.63, 3.8) is 0 Å². The molecule has 1 aromatic carbocycles. The predicted molar refractivity (Wildman–Crippen MR) is 45.5 cm³/mol. The first-order valence-electron chi connectivity index (χ1n) is 2.83. The number of rotatable bonds is 1. The van der Waals surface area contributed by atoms with E-state index in [9.17, 15) is 0 Å². The molecule has 0 atom stereocenters.